The Morgan fingerprint density at radius 2 is 0.978 bits per heavy atom. The van der Waals surface area contributed by atoms with Crippen LogP contribution in [0, 0.1) is 0 Å². The van der Waals surface area contributed by atoms with Crippen molar-refractivity contribution in [2.45, 2.75) is 52.4 Å². The molecule has 3 nitrogen and oxygen atoms in total. The van der Waals surface area contributed by atoms with Gasteiger partial charge in [0.2, 0.25) is 0 Å². The van der Waals surface area contributed by atoms with Gasteiger partial charge >= 0.3 is 0 Å². The maximum Gasteiger partial charge on any atom is 0.0705 e. The first-order valence-electron chi connectivity index (χ1n) is 15.7. The topological polar surface area (TPSA) is 29.0 Å². The summed E-state index contributed by atoms with van der Waals surface area (Å²) >= 11 is 0. The van der Waals surface area contributed by atoms with Gasteiger partial charge in [-0.05, 0) is 81.6 Å². The summed E-state index contributed by atoms with van der Waals surface area (Å²) in [5.41, 5.74) is 15.0. The van der Waals surface area contributed by atoms with Crippen molar-refractivity contribution in [2.24, 2.45) is 0 Å². The molecule has 0 spiro atoms. The van der Waals surface area contributed by atoms with Gasteiger partial charge < -0.3 is 4.90 Å². The molecule has 0 radical (unpaired) electrons. The van der Waals surface area contributed by atoms with Crippen LogP contribution in [0.4, 0.5) is 17.1 Å². The molecule has 6 aromatic rings. The quantitative estimate of drug-likeness (QED) is 0.206. The second kappa shape index (κ2) is 10.9. The number of hydrogen-bond acceptors (Lipinski definition) is 3. The van der Waals surface area contributed by atoms with E-state index in [1.165, 1.54) is 33.4 Å². The van der Waals surface area contributed by atoms with Crippen LogP contribution in [0.15, 0.2) is 128 Å². The second-order valence-corrected chi connectivity index (χ2v) is 14.0. The predicted octanol–water partition coefficient (Wildman–Crippen LogP) is 11.5. The van der Waals surface area contributed by atoms with E-state index in [1.54, 1.807) is 0 Å². The Morgan fingerprint density at radius 3 is 1.58 bits per heavy atom. The van der Waals surface area contributed by atoms with Crippen molar-refractivity contribution in [3.63, 3.8) is 0 Å². The van der Waals surface area contributed by atoms with Crippen molar-refractivity contribution in [1.82, 2.24) is 9.97 Å². The van der Waals surface area contributed by atoms with E-state index < -0.39 is 0 Å². The van der Waals surface area contributed by atoms with Gasteiger partial charge in [-0.1, -0.05) is 108 Å². The van der Waals surface area contributed by atoms with E-state index in [2.05, 4.69) is 162 Å². The van der Waals surface area contributed by atoms with Crippen molar-refractivity contribution in [3.8, 4) is 44.8 Å². The minimum atomic E-state index is 0.0338. The zero-order valence-electron chi connectivity index (χ0n) is 27.0. The summed E-state index contributed by atoms with van der Waals surface area (Å²) < 4.78 is 0. The summed E-state index contributed by atoms with van der Waals surface area (Å²) in [5, 5.41) is 0. The number of para-hydroxylation sites is 1. The van der Waals surface area contributed by atoms with Crippen LogP contribution in [0.1, 0.15) is 52.7 Å². The van der Waals surface area contributed by atoms with Gasteiger partial charge in [0.1, 0.15) is 0 Å². The fourth-order valence-electron chi connectivity index (χ4n) is 6.28. The molecule has 0 fully saturated rings. The number of benzene rings is 4. The molecule has 3 heterocycles. The highest BCUT2D eigenvalue weighted by molar-refractivity contribution is 6.03. The number of hydrogen-bond donors (Lipinski definition) is 0. The minimum absolute atomic E-state index is 0.0338. The van der Waals surface area contributed by atoms with Crippen LogP contribution in [0.2, 0.25) is 0 Å². The Balaban J connectivity index is 1.47. The van der Waals surface area contributed by atoms with E-state index in [-0.39, 0.29) is 10.8 Å². The minimum Gasteiger partial charge on any atom is -0.309 e. The van der Waals surface area contributed by atoms with Gasteiger partial charge in [0, 0.05) is 40.3 Å². The van der Waals surface area contributed by atoms with Crippen LogP contribution >= 0.6 is 0 Å². The number of fused-ring (bicyclic) bond motifs is 5. The van der Waals surface area contributed by atoms with Crippen LogP contribution in [-0.2, 0) is 10.8 Å². The lowest BCUT2D eigenvalue weighted by molar-refractivity contribution is 0.589. The molecule has 0 saturated carbocycles. The average molecular weight is 586 g/mol. The molecule has 4 aromatic carbocycles. The SMILES string of the molecule is CC(C)(C)c1ccnc(-c2cccc(N3c4ccccc4-c4ccccc4-c4ccc(-c5cc(C(C)(C)C)ccn5)cc43)c2)c1. The largest absolute Gasteiger partial charge is 0.309 e. The third-order valence-corrected chi connectivity index (χ3v) is 8.84. The highest BCUT2D eigenvalue weighted by Gasteiger charge is 2.27. The lowest BCUT2D eigenvalue weighted by Crippen LogP contribution is -2.12. The molecule has 0 unspecified atom stereocenters. The number of nitrogens with zero attached hydrogens (tertiary/aromatic N) is 3. The average Bonchev–Trinajstić information content (AvgIpc) is 3.16. The van der Waals surface area contributed by atoms with E-state index in [9.17, 15) is 0 Å². The number of anilines is 3. The van der Waals surface area contributed by atoms with Gasteiger partial charge in [-0.15, -0.1) is 0 Å². The molecule has 0 bridgehead atoms. The van der Waals surface area contributed by atoms with Crippen LogP contribution < -0.4 is 4.90 Å². The molecule has 2 aromatic heterocycles. The first-order chi connectivity index (χ1) is 21.6. The zero-order chi connectivity index (χ0) is 31.3. The number of rotatable bonds is 3. The molecule has 1 aliphatic rings. The predicted molar refractivity (Wildman–Crippen MR) is 189 cm³/mol. The van der Waals surface area contributed by atoms with E-state index in [0.29, 0.717) is 0 Å². The monoisotopic (exact) mass is 585 g/mol. The molecule has 1 aliphatic heterocycles. The fraction of sp³-hybridized carbons (Fsp3) is 0.190. The number of pyridine rings is 2. The maximum absolute atomic E-state index is 4.84. The fourth-order valence-corrected chi connectivity index (χ4v) is 6.28. The van der Waals surface area contributed by atoms with Crippen LogP contribution in [0.3, 0.4) is 0 Å². The Bertz CT molecular complexity index is 2040. The summed E-state index contributed by atoms with van der Waals surface area (Å²) in [6.45, 7) is 13.5. The molecule has 0 amide bonds. The van der Waals surface area contributed by atoms with Crippen LogP contribution in [0.5, 0.6) is 0 Å². The first-order valence-corrected chi connectivity index (χ1v) is 15.7. The standard InChI is InChI=1S/C42H39N3/c1-41(2,3)30-20-22-43-37(26-30)28-12-11-13-32(24-28)45-39-17-10-9-16-35(39)33-14-7-8-15-34(33)36-19-18-29(25-40(36)45)38-27-31(21-23-44-38)42(4,5)6/h7-27H,1-6H3. The lowest BCUT2D eigenvalue weighted by Gasteiger charge is -2.28. The normalized spacial score (nSPS) is 12.6. The third-order valence-electron chi connectivity index (χ3n) is 8.84. The zero-order valence-corrected chi connectivity index (χ0v) is 27.0. The molecule has 0 atom stereocenters. The van der Waals surface area contributed by atoms with E-state index in [4.69, 9.17) is 9.97 Å². The highest BCUT2D eigenvalue weighted by atomic mass is 15.1. The van der Waals surface area contributed by atoms with Gasteiger partial charge in [0.05, 0.1) is 22.8 Å². The van der Waals surface area contributed by atoms with Gasteiger partial charge in [-0.25, -0.2) is 0 Å². The molecule has 7 rings (SSSR count). The molecular formula is C42H39N3. The molecule has 3 heteroatoms. The smallest absolute Gasteiger partial charge is 0.0705 e. The van der Waals surface area contributed by atoms with Gasteiger partial charge in [-0.2, -0.15) is 0 Å². The molecule has 0 saturated heterocycles. The van der Waals surface area contributed by atoms with E-state index in [1.807, 2.05) is 12.4 Å². The van der Waals surface area contributed by atoms with Crippen molar-refractivity contribution < 1.29 is 0 Å². The Kier molecular flexibility index (Phi) is 6.93. The van der Waals surface area contributed by atoms with Crippen molar-refractivity contribution >= 4 is 17.1 Å². The van der Waals surface area contributed by atoms with E-state index in [0.717, 1.165) is 39.6 Å². The van der Waals surface area contributed by atoms with E-state index >= 15 is 0 Å². The molecular weight excluding hydrogens is 546 g/mol. The highest BCUT2D eigenvalue weighted by Crippen LogP contribution is 2.51. The Labute approximate surface area is 267 Å². The summed E-state index contributed by atoms with van der Waals surface area (Å²) in [5.74, 6) is 0. The summed E-state index contributed by atoms with van der Waals surface area (Å²) in [7, 11) is 0. The third kappa shape index (κ3) is 5.33. The van der Waals surface area contributed by atoms with Crippen LogP contribution in [0.25, 0.3) is 44.8 Å². The first kappa shape index (κ1) is 28.7. The molecule has 0 aliphatic carbocycles. The van der Waals surface area contributed by atoms with Crippen molar-refractivity contribution in [2.75, 3.05) is 4.90 Å². The lowest BCUT2D eigenvalue weighted by atomic mass is 9.86. The number of aromatic nitrogens is 2. The molecule has 0 N–H and O–H groups in total. The molecule has 222 valence electrons. The summed E-state index contributed by atoms with van der Waals surface area (Å²) in [4.78, 5) is 12.1. The molecule has 45 heavy (non-hydrogen) atoms. The summed E-state index contributed by atoms with van der Waals surface area (Å²) in [6, 6.07) is 41.8. The maximum atomic E-state index is 4.84. The summed E-state index contributed by atoms with van der Waals surface area (Å²) in [6.07, 6.45) is 3.87. The van der Waals surface area contributed by atoms with Crippen LogP contribution in [-0.4, -0.2) is 9.97 Å². The Morgan fingerprint density at radius 1 is 0.444 bits per heavy atom. The van der Waals surface area contributed by atoms with Gasteiger partial charge in [0.15, 0.2) is 0 Å². The van der Waals surface area contributed by atoms with Gasteiger partial charge in [-0.3, -0.25) is 9.97 Å². The van der Waals surface area contributed by atoms with Gasteiger partial charge in [0.25, 0.3) is 0 Å². The van der Waals surface area contributed by atoms with Crippen molar-refractivity contribution in [3.05, 3.63) is 139 Å². The Hall–Kier alpha value is -5.02. The van der Waals surface area contributed by atoms with Crippen molar-refractivity contribution in [1.29, 1.82) is 0 Å². The second-order valence-electron chi connectivity index (χ2n) is 14.0.